The summed E-state index contributed by atoms with van der Waals surface area (Å²) in [6, 6.07) is 2.89. The quantitative estimate of drug-likeness (QED) is 0.894. The number of aromatic nitrogens is 1. The van der Waals surface area contributed by atoms with Gasteiger partial charge in [-0.1, -0.05) is 20.8 Å². The fourth-order valence-electron chi connectivity index (χ4n) is 3.16. The van der Waals surface area contributed by atoms with Crippen molar-refractivity contribution >= 4 is 5.82 Å². The molecule has 2 heterocycles. The van der Waals surface area contributed by atoms with Crippen molar-refractivity contribution in [3.63, 3.8) is 0 Å². The zero-order chi connectivity index (χ0) is 15.4. The first-order valence-corrected chi connectivity index (χ1v) is 8.42. The maximum atomic E-state index is 4.77. The molecule has 1 N–H and O–H groups in total. The van der Waals surface area contributed by atoms with Gasteiger partial charge in [-0.25, -0.2) is 4.98 Å². The lowest BCUT2D eigenvalue weighted by Gasteiger charge is -2.39. The SMILES string of the molecule is Cc1cc(CNCC(C)C)cnc1N1CCCC(C)C1C. The molecule has 1 aromatic heterocycles. The Morgan fingerprint density at radius 3 is 2.81 bits per heavy atom. The number of nitrogens with zero attached hydrogens (tertiary/aromatic N) is 2. The molecule has 0 spiro atoms. The van der Waals surface area contributed by atoms with Crippen LogP contribution in [-0.2, 0) is 6.54 Å². The van der Waals surface area contributed by atoms with Gasteiger partial charge in [0.2, 0.25) is 0 Å². The Kier molecular flexibility index (Phi) is 5.63. The fourth-order valence-corrected chi connectivity index (χ4v) is 3.16. The van der Waals surface area contributed by atoms with Crippen molar-refractivity contribution in [2.75, 3.05) is 18.0 Å². The lowest BCUT2D eigenvalue weighted by atomic mass is 9.92. The number of hydrogen-bond acceptors (Lipinski definition) is 3. The van der Waals surface area contributed by atoms with Gasteiger partial charge < -0.3 is 10.2 Å². The molecular weight excluding hydrogens is 258 g/mol. The van der Waals surface area contributed by atoms with Gasteiger partial charge in [-0.05, 0) is 62.3 Å². The highest BCUT2D eigenvalue weighted by molar-refractivity contribution is 5.48. The van der Waals surface area contributed by atoms with Crippen LogP contribution in [0, 0.1) is 18.8 Å². The van der Waals surface area contributed by atoms with Crippen LogP contribution < -0.4 is 10.2 Å². The van der Waals surface area contributed by atoms with Gasteiger partial charge >= 0.3 is 0 Å². The Morgan fingerprint density at radius 1 is 1.38 bits per heavy atom. The van der Waals surface area contributed by atoms with E-state index in [1.54, 1.807) is 0 Å². The zero-order valence-electron chi connectivity index (χ0n) is 14.3. The Hall–Kier alpha value is -1.09. The number of pyridine rings is 1. The van der Waals surface area contributed by atoms with Crippen molar-refractivity contribution in [1.82, 2.24) is 10.3 Å². The summed E-state index contributed by atoms with van der Waals surface area (Å²) in [5.41, 5.74) is 2.59. The Bertz CT molecular complexity index is 456. The van der Waals surface area contributed by atoms with E-state index in [1.807, 2.05) is 6.20 Å². The molecule has 0 aliphatic carbocycles. The molecule has 1 aromatic rings. The first-order chi connectivity index (χ1) is 9.99. The molecule has 0 radical (unpaired) electrons. The van der Waals surface area contributed by atoms with Gasteiger partial charge in [0.15, 0.2) is 0 Å². The van der Waals surface area contributed by atoms with E-state index in [4.69, 9.17) is 4.98 Å². The summed E-state index contributed by atoms with van der Waals surface area (Å²) in [7, 11) is 0. The molecule has 2 unspecified atom stereocenters. The second-order valence-electron chi connectivity index (χ2n) is 7.06. The lowest BCUT2D eigenvalue weighted by Crippen LogP contribution is -2.43. The van der Waals surface area contributed by atoms with Crippen LogP contribution in [0.5, 0.6) is 0 Å². The van der Waals surface area contributed by atoms with Crippen LogP contribution >= 0.6 is 0 Å². The highest BCUT2D eigenvalue weighted by atomic mass is 15.2. The Morgan fingerprint density at radius 2 is 2.14 bits per heavy atom. The standard InChI is InChI=1S/C18H31N3/c1-13(2)10-19-11-17-9-15(4)18(20-12-17)21-8-6-7-14(3)16(21)5/h9,12-14,16,19H,6-8,10-11H2,1-5H3. The van der Waals surface area contributed by atoms with E-state index in [0.29, 0.717) is 12.0 Å². The molecule has 0 saturated carbocycles. The van der Waals surface area contributed by atoms with Crippen molar-refractivity contribution in [1.29, 1.82) is 0 Å². The van der Waals surface area contributed by atoms with E-state index >= 15 is 0 Å². The van der Waals surface area contributed by atoms with E-state index in [-0.39, 0.29) is 0 Å². The molecule has 3 nitrogen and oxygen atoms in total. The molecule has 1 fully saturated rings. The number of anilines is 1. The van der Waals surface area contributed by atoms with E-state index in [0.717, 1.165) is 25.6 Å². The molecule has 3 heteroatoms. The highest BCUT2D eigenvalue weighted by Crippen LogP contribution is 2.29. The molecule has 118 valence electrons. The van der Waals surface area contributed by atoms with E-state index in [9.17, 15) is 0 Å². The van der Waals surface area contributed by atoms with Gasteiger partial charge in [0.25, 0.3) is 0 Å². The van der Waals surface area contributed by atoms with Crippen LogP contribution in [0.2, 0.25) is 0 Å². The summed E-state index contributed by atoms with van der Waals surface area (Å²) >= 11 is 0. The first kappa shape index (κ1) is 16.3. The second kappa shape index (κ2) is 7.26. The molecule has 1 saturated heterocycles. The monoisotopic (exact) mass is 289 g/mol. The molecule has 1 aliphatic rings. The normalized spacial score (nSPS) is 22.9. The zero-order valence-corrected chi connectivity index (χ0v) is 14.3. The van der Waals surface area contributed by atoms with E-state index in [2.05, 4.69) is 50.9 Å². The smallest absolute Gasteiger partial charge is 0.131 e. The van der Waals surface area contributed by atoms with Crippen LogP contribution in [0.15, 0.2) is 12.3 Å². The van der Waals surface area contributed by atoms with Crippen LogP contribution in [0.25, 0.3) is 0 Å². The molecular formula is C18H31N3. The predicted molar refractivity (Wildman–Crippen MR) is 90.7 cm³/mol. The summed E-state index contributed by atoms with van der Waals surface area (Å²) < 4.78 is 0. The van der Waals surface area contributed by atoms with Gasteiger partial charge in [0.05, 0.1) is 0 Å². The van der Waals surface area contributed by atoms with Crippen LogP contribution in [0.1, 0.15) is 51.7 Å². The molecule has 0 amide bonds. The van der Waals surface area contributed by atoms with E-state index in [1.165, 1.54) is 29.8 Å². The third-order valence-corrected chi connectivity index (χ3v) is 4.63. The van der Waals surface area contributed by atoms with Crippen molar-refractivity contribution in [3.8, 4) is 0 Å². The number of nitrogens with one attached hydrogen (secondary N) is 1. The Labute approximate surface area is 130 Å². The molecule has 2 rings (SSSR count). The van der Waals surface area contributed by atoms with Crippen LogP contribution in [0.3, 0.4) is 0 Å². The van der Waals surface area contributed by atoms with Crippen LogP contribution in [-0.4, -0.2) is 24.1 Å². The van der Waals surface area contributed by atoms with Crippen molar-refractivity contribution in [2.45, 2.75) is 60.0 Å². The highest BCUT2D eigenvalue weighted by Gasteiger charge is 2.26. The second-order valence-corrected chi connectivity index (χ2v) is 7.06. The minimum absolute atomic E-state index is 0.592. The number of aryl methyl sites for hydroxylation is 1. The number of rotatable bonds is 5. The summed E-state index contributed by atoms with van der Waals surface area (Å²) in [5.74, 6) is 2.63. The average Bonchev–Trinajstić information content (AvgIpc) is 2.42. The van der Waals surface area contributed by atoms with Crippen molar-refractivity contribution in [3.05, 3.63) is 23.4 Å². The summed E-state index contributed by atoms with van der Waals surface area (Å²) in [6.45, 7) is 14.5. The molecule has 0 bridgehead atoms. The van der Waals surface area contributed by atoms with Crippen molar-refractivity contribution < 1.29 is 0 Å². The summed E-state index contributed by atoms with van der Waals surface area (Å²) in [5, 5.41) is 3.49. The summed E-state index contributed by atoms with van der Waals surface area (Å²) in [4.78, 5) is 7.27. The molecule has 1 aliphatic heterocycles. The molecule has 21 heavy (non-hydrogen) atoms. The molecule has 0 aromatic carbocycles. The third-order valence-electron chi connectivity index (χ3n) is 4.63. The number of hydrogen-bond donors (Lipinski definition) is 1. The third kappa shape index (κ3) is 4.19. The van der Waals surface area contributed by atoms with Crippen molar-refractivity contribution in [2.24, 2.45) is 11.8 Å². The topological polar surface area (TPSA) is 28.2 Å². The van der Waals surface area contributed by atoms with E-state index < -0.39 is 0 Å². The summed E-state index contributed by atoms with van der Waals surface area (Å²) in [6.07, 6.45) is 4.67. The van der Waals surface area contributed by atoms with Gasteiger partial charge in [0.1, 0.15) is 5.82 Å². The minimum atomic E-state index is 0.592. The predicted octanol–water partition coefficient (Wildman–Crippen LogP) is 3.76. The first-order valence-electron chi connectivity index (χ1n) is 8.42. The minimum Gasteiger partial charge on any atom is -0.353 e. The number of piperidine rings is 1. The van der Waals surface area contributed by atoms with Gasteiger partial charge in [-0.2, -0.15) is 0 Å². The largest absolute Gasteiger partial charge is 0.353 e. The Balaban J connectivity index is 2.05. The van der Waals surface area contributed by atoms with Gasteiger partial charge in [-0.3, -0.25) is 0 Å². The maximum absolute atomic E-state index is 4.77. The maximum Gasteiger partial charge on any atom is 0.131 e. The average molecular weight is 289 g/mol. The van der Waals surface area contributed by atoms with Gasteiger partial charge in [0, 0.05) is 25.3 Å². The van der Waals surface area contributed by atoms with Gasteiger partial charge in [-0.15, -0.1) is 0 Å². The lowest BCUT2D eigenvalue weighted by molar-refractivity contribution is 0.361. The fraction of sp³-hybridized carbons (Fsp3) is 0.722. The van der Waals surface area contributed by atoms with Crippen LogP contribution in [0.4, 0.5) is 5.82 Å². The molecule has 2 atom stereocenters.